The lowest BCUT2D eigenvalue weighted by molar-refractivity contribution is -0.164. The Hall–Kier alpha value is -2.20. The van der Waals surface area contributed by atoms with Crippen LogP contribution in [0.15, 0.2) is 24.8 Å². The summed E-state index contributed by atoms with van der Waals surface area (Å²) in [4.78, 5) is 28.2. The van der Waals surface area contributed by atoms with E-state index >= 15 is 0 Å². The topological polar surface area (TPSA) is 133 Å². The molecule has 3 fully saturated rings. The molecule has 5 rings (SSSR count). The van der Waals surface area contributed by atoms with E-state index in [0.29, 0.717) is 24.0 Å². The summed E-state index contributed by atoms with van der Waals surface area (Å²) in [6, 6.07) is 3.33. The first-order chi connectivity index (χ1) is 18.3. The third-order valence-corrected chi connectivity index (χ3v) is 11.6. The van der Waals surface area contributed by atoms with Crippen molar-refractivity contribution in [3.63, 3.8) is 0 Å². The number of anilines is 1. The summed E-state index contributed by atoms with van der Waals surface area (Å²) < 4.78 is 5.49. The number of carbonyl (C=O) groups excluding carboxylic acids is 1. The highest BCUT2D eigenvalue weighted by atomic mass is 16.5. The Morgan fingerprint density at radius 2 is 2.03 bits per heavy atom. The van der Waals surface area contributed by atoms with Gasteiger partial charge in [0.15, 0.2) is 0 Å². The maximum atomic E-state index is 13.8. The van der Waals surface area contributed by atoms with Gasteiger partial charge >= 0.3 is 13.1 Å². The minimum Gasteiger partial charge on any atom is -0.480 e. The van der Waals surface area contributed by atoms with Gasteiger partial charge in [-0.2, -0.15) is 0 Å². The van der Waals surface area contributed by atoms with Crippen LogP contribution < -0.4 is 16.1 Å². The molecule has 212 valence electrons. The normalized spacial score (nSPS) is 39.5. The van der Waals surface area contributed by atoms with Gasteiger partial charge in [0.1, 0.15) is 12.3 Å². The molecule has 0 unspecified atom stereocenters. The maximum absolute atomic E-state index is 13.8. The van der Waals surface area contributed by atoms with Gasteiger partial charge in [0.2, 0.25) is 0 Å². The lowest BCUT2D eigenvalue weighted by atomic mass is 9.43. The van der Waals surface area contributed by atoms with Gasteiger partial charge in [0, 0.05) is 41.4 Å². The Morgan fingerprint density at radius 3 is 2.67 bits per heavy atom. The SMILES string of the molecule is C=C[C@]1(C)C[C@@H](N(CC(=O)O)c2cc(CN)c3c(c2)B(O)OC3)[C@]2(C)[C@H](C)CC[C@]3(CCC(=O)[C@H]32)[C@@H](C)[C@@H]1O. The number of aliphatic hydroxyl groups excluding tert-OH is 1. The van der Waals surface area contributed by atoms with Gasteiger partial charge in [-0.15, -0.1) is 6.58 Å². The highest BCUT2D eigenvalue weighted by molar-refractivity contribution is 6.61. The zero-order valence-corrected chi connectivity index (χ0v) is 23.7. The predicted octanol–water partition coefficient (Wildman–Crippen LogP) is 2.62. The van der Waals surface area contributed by atoms with E-state index < -0.39 is 36.1 Å². The summed E-state index contributed by atoms with van der Waals surface area (Å²) >= 11 is 0. The van der Waals surface area contributed by atoms with E-state index in [2.05, 4.69) is 27.4 Å². The lowest BCUT2D eigenvalue weighted by Gasteiger charge is -2.64. The van der Waals surface area contributed by atoms with Crippen molar-refractivity contribution in [1.29, 1.82) is 0 Å². The van der Waals surface area contributed by atoms with Gasteiger partial charge in [-0.05, 0) is 71.7 Å². The molecule has 0 radical (unpaired) electrons. The average Bonchev–Trinajstić information content (AvgIpc) is 3.46. The van der Waals surface area contributed by atoms with E-state index in [4.69, 9.17) is 10.4 Å². The van der Waals surface area contributed by atoms with E-state index in [1.54, 1.807) is 0 Å². The molecule has 0 amide bonds. The quantitative estimate of drug-likeness (QED) is 0.321. The number of rotatable bonds is 6. The van der Waals surface area contributed by atoms with Crippen LogP contribution in [0.3, 0.4) is 0 Å². The third kappa shape index (κ3) is 4.03. The molecule has 8 atom stereocenters. The molecule has 9 heteroatoms. The number of benzene rings is 1. The van der Waals surface area contributed by atoms with Crippen LogP contribution in [0, 0.1) is 34.0 Å². The number of Topliss-reactive ketones (excluding diaryl/α,β-unsaturated/α-hetero) is 1. The predicted molar refractivity (Wildman–Crippen MR) is 150 cm³/mol. The average molecular weight is 538 g/mol. The van der Waals surface area contributed by atoms with Crippen LogP contribution in [-0.4, -0.2) is 52.8 Å². The number of fused-ring (bicyclic) bond motifs is 1. The second kappa shape index (κ2) is 9.72. The third-order valence-electron chi connectivity index (χ3n) is 11.6. The number of carbonyl (C=O) groups is 2. The van der Waals surface area contributed by atoms with Crippen molar-refractivity contribution in [3.05, 3.63) is 35.9 Å². The van der Waals surface area contributed by atoms with Crippen LogP contribution in [-0.2, 0) is 27.4 Å². The summed E-state index contributed by atoms with van der Waals surface area (Å²) in [7, 11) is -1.11. The first kappa shape index (κ1) is 28.3. The van der Waals surface area contributed by atoms with Crippen molar-refractivity contribution in [2.45, 2.75) is 85.1 Å². The van der Waals surface area contributed by atoms with Crippen LogP contribution in [0.5, 0.6) is 0 Å². The summed E-state index contributed by atoms with van der Waals surface area (Å²) in [6.45, 7) is 12.8. The molecule has 1 heterocycles. The lowest BCUT2D eigenvalue weighted by Crippen LogP contribution is -2.66. The number of aliphatic carboxylic acids is 1. The number of aliphatic hydroxyl groups is 1. The first-order valence-electron chi connectivity index (χ1n) is 14.3. The molecule has 2 bridgehead atoms. The second-order valence-electron chi connectivity index (χ2n) is 13.2. The fourth-order valence-corrected chi connectivity index (χ4v) is 9.08. The minimum absolute atomic E-state index is 0.103. The van der Waals surface area contributed by atoms with E-state index in [-0.39, 0.29) is 48.6 Å². The number of nitrogens with two attached hydrogens (primary N) is 1. The molecular weight excluding hydrogens is 495 g/mol. The van der Waals surface area contributed by atoms with Crippen molar-refractivity contribution in [2.75, 3.05) is 11.4 Å². The van der Waals surface area contributed by atoms with E-state index in [0.717, 1.165) is 30.4 Å². The second-order valence-corrected chi connectivity index (χ2v) is 13.2. The molecule has 5 N–H and O–H groups in total. The zero-order chi connectivity index (χ0) is 28.5. The molecule has 4 aliphatic rings. The number of carboxylic acid groups (broad SMARTS) is 1. The van der Waals surface area contributed by atoms with Gasteiger partial charge in [-0.1, -0.05) is 33.8 Å². The fourth-order valence-electron chi connectivity index (χ4n) is 9.08. The van der Waals surface area contributed by atoms with Crippen molar-refractivity contribution in [1.82, 2.24) is 0 Å². The van der Waals surface area contributed by atoms with E-state index in [1.165, 1.54) is 0 Å². The zero-order valence-electron chi connectivity index (χ0n) is 23.7. The number of nitrogens with zero attached hydrogens (tertiary/aromatic N) is 1. The van der Waals surface area contributed by atoms with E-state index in [9.17, 15) is 24.8 Å². The van der Waals surface area contributed by atoms with Crippen LogP contribution in [0.4, 0.5) is 5.69 Å². The van der Waals surface area contributed by atoms with Crippen LogP contribution in [0.25, 0.3) is 0 Å². The molecular formula is C30H43BN2O6. The number of ketones is 1. The minimum atomic E-state index is -1.11. The Kier molecular flexibility index (Phi) is 7.06. The van der Waals surface area contributed by atoms with Gasteiger partial charge in [-0.3, -0.25) is 9.59 Å². The Labute approximate surface area is 231 Å². The molecule has 1 aromatic carbocycles. The molecule has 1 aromatic rings. The number of hydrogen-bond acceptors (Lipinski definition) is 7. The molecule has 3 saturated carbocycles. The summed E-state index contributed by atoms with van der Waals surface area (Å²) in [5, 5.41) is 32.7. The Balaban J connectivity index is 1.77. The number of hydrogen-bond donors (Lipinski definition) is 4. The summed E-state index contributed by atoms with van der Waals surface area (Å²) in [5.74, 6) is -1.01. The van der Waals surface area contributed by atoms with Crippen LogP contribution in [0.2, 0.25) is 0 Å². The van der Waals surface area contributed by atoms with Gasteiger partial charge < -0.3 is 30.5 Å². The fraction of sp³-hybridized carbons (Fsp3) is 0.667. The molecule has 0 spiro atoms. The largest absolute Gasteiger partial charge is 0.491 e. The van der Waals surface area contributed by atoms with Crippen molar-refractivity contribution in [3.8, 4) is 0 Å². The summed E-state index contributed by atoms with van der Waals surface area (Å²) in [5.41, 5.74) is 7.37. The number of carboxylic acids is 1. The standard InChI is InChI=1S/C30H43BN2O6/c1-6-28(4)13-24(29(5)17(2)7-9-30(18(3)27(28)37)10-8-23(34)26(29)30)33(15-25(35)36)20-11-19(14-32)21-16-39-31(38)22(21)12-20/h6,11-12,17-18,24,26-27,37-38H,1,7-10,13-16,32H2,2-5H3,(H,35,36)/t17-,18+,24-,26+,27+,28-,29+,30+/m1/s1. The van der Waals surface area contributed by atoms with Crippen molar-refractivity contribution < 1.29 is 29.5 Å². The van der Waals surface area contributed by atoms with Gasteiger partial charge in [-0.25, -0.2) is 0 Å². The molecule has 1 aliphatic heterocycles. The molecule has 0 saturated heterocycles. The Bertz CT molecular complexity index is 1190. The molecule has 39 heavy (non-hydrogen) atoms. The highest BCUT2D eigenvalue weighted by Crippen LogP contribution is 2.68. The smallest absolute Gasteiger partial charge is 0.480 e. The van der Waals surface area contributed by atoms with Crippen LogP contribution >= 0.6 is 0 Å². The maximum Gasteiger partial charge on any atom is 0.491 e. The monoisotopic (exact) mass is 538 g/mol. The van der Waals surface area contributed by atoms with Crippen molar-refractivity contribution in [2.24, 2.45) is 39.7 Å². The molecule has 0 aromatic heterocycles. The van der Waals surface area contributed by atoms with Crippen molar-refractivity contribution >= 4 is 30.0 Å². The van der Waals surface area contributed by atoms with Gasteiger partial charge in [0.25, 0.3) is 0 Å². The molecule has 3 aliphatic carbocycles. The van der Waals surface area contributed by atoms with Crippen LogP contribution in [0.1, 0.15) is 70.9 Å². The first-order valence-corrected chi connectivity index (χ1v) is 14.3. The Morgan fingerprint density at radius 1 is 1.31 bits per heavy atom. The molecule has 8 nitrogen and oxygen atoms in total. The summed E-state index contributed by atoms with van der Waals surface area (Å²) in [6.07, 6.45) is 4.54. The highest BCUT2D eigenvalue weighted by Gasteiger charge is 2.68. The van der Waals surface area contributed by atoms with E-state index in [1.807, 2.05) is 30.0 Å². The van der Waals surface area contributed by atoms with Gasteiger partial charge in [0.05, 0.1) is 12.7 Å².